The monoisotopic (exact) mass is 259 g/mol. The van der Waals surface area contributed by atoms with Gasteiger partial charge in [0.2, 0.25) is 0 Å². The Labute approximate surface area is 112 Å². The standard InChI is InChI=1S/C14H14ClN3/c1-9-10(2)17-18(11(9)3)14-5-4-12(7-15)6-13(14)8-16/h4-6H,7H2,1-3H3. The third-order valence-corrected chi connectivity index (χ3v) is 3.53. The van der Waals surface area contributed by atoms with Crippen molar-refractivity contribution in [2.45, 2.75) is 26.7 Å². The average Bonchev–Trinajstić information content (AvgIpc) is 2.65. The fourth-order valence-corrected chi connectivity index (χ4v) is 2.06. The molecular formula is C14H14ClN3. The SMILES string of the molecule is Cc1nn(-c2ccc(CCl)cc2C#N)c(C)c1C. The maximum Gasteiger partial charge on any atom is 0.101 e. The minimum absolute atomic E-state index is 0.408. The Morgan fingerprint density at radius 1 is 1.33 bits per heavy atom. The number of nitrogens with zero attached hydrogens (tertiary/aromatic N) is 3. The van der Waals surface area contributed by atoms with Gasteiger partial charge in [-0.05, 0) is 44.0 Å². The number of rotatable bonds is 2. The first-order chi connectivity index (χ1) is 8.58. The molecule has 0 saturated carbocycles. The topological polar surface area (TPSA) is 41.6 Å². The minimum Gasteiger partial charge on any atom is -0.236 e. The number of benzene rings is 1. The number of aryl methyl sites for hydroxylation is 1. The van der Waals surface area contributed by atoms with Gasteiger partial charge >= 0.3 is 0 Å². The molecule has 3 nitrogen and oxygen atoms in total. The van der Waals surface area contributed by atoms with E-state index >= 15 is 0 Å². The van der Waals surface area contributed by atoms with Crippen LogP contribution in [-0.2, 0) is 5.88 Å². The van der Waals surface area contributed by atoms with E-state index in [1.165, 1.54) is 0 Å². The fraction of sp³-hybridized carbons (Fsp3) is 0.286. The Morgan fingerprint density at radius 2 is 2.06 bits per heavy atom. The quantitative estimate of drug-likeness (QED) is 0.776. The Kier molecular flexibility index (Phi) is 3.40. The van der Waals surface area contributed by atoms with Gasteiger partial charge in [-0.15, -0.1) is 11.6 Å². The van der Waals surface area contributed by atoms with Gasteiger partial charge in [-0.25, -0.2) is 4.68 Å². The Bertz CT molecular complexity index is 635. The molecule has 0 saturated heterocycles. The van der Waals surface area contributed by atoms with Crippen LogP contribution >= 0.6 is 11.6 Å². The first-order valence-corrected chi connectivity index (χ1v) is 6.24. The highest BCUT2D eigenvalue weighted by Crippen LogP contribution is 2.21. The van der Waals surface area contributed by atoms with Crippen molar-refractivity contribution in [3.8, 4) is 11.8 Å². The maximum atomic E-state index is 9.23. The number of halogens is 1. The Hall–Kier alpha value is -1.79. The molecule has 0 fully saturated rings. The highest BCUT2D eigenvalue weighted by atomic mass is 35.5. The lowest BCUT2D eigenvalue weighted by Crippen LogP contribution is -2.02. The van der Waals surface area contributed by atoms with Gasteiger partial charge in [0.15, 0.2) is 0 Å². The van der Waals surface area contributed by atoms with Crippen LogP contribution in [0.3, 0.4) is 0 Å². The molecule has 18 heavy (non-hydrogen) atoms. The number of hydrogen-bond acceptors (Lipinski definition) is 2. The number of nitriles is 1. The maximum absolute atomic E-state index is 9.23. The van der Waals surface area contributed by atoms with Crippen LogP contribution in [0.5, 0.6) is 0 Å². The van der Waals surface area contributed by atoms with Crippen LogP contribution in [0.4, 0.5) is 0 Å². The van der Waals surface area contributed by atoms with Gasteiger partial charge in [0.25, 0.3) is 0 Å². The van der Waals surface area contributed by atoms with E-state index in [4.69, 9.17) is 11.6 Å². The van der Waals surface area contributed by atoms with Gasteiger partial charge in [0.05, 0.1) is 16.9 Å². The second-order valence-corrected chi connectivity index (χ2v) is 4.57. The summed E-state index contributed by atoms with van der Waals surface area (Å²) in [6, 6.07) is 7.84. The van der Waals surface area contributed by atoms with Gasteiger partial charge in [-0.2, -0.15) is 10.4 Å². The molecule has 92 valence electrons. The van der Waals surface area contributed by atoms with Crippen LogP contribution in [0.15, 0.2) is 18.2 Å². The van der Waals surface area contributed by atoms with Crippen LogP contribution in [0.2, 0.25) is 0 Å². The van der Waals surface area contributed by atoms with E-state index < -0.39 is 0 Å². The molecular weight excluding hydrogens is 246 g/mol. The molecule has 1 heterocycles. The van der Waals surface area contributed by atoms with E-state index in [1.807, 2.05) is 43.7 Å². The molecule has 4 heteroatoms. The van der Waals surface area contributed by atoms with Crippen LogP contribution in [0.25, 0.3) is 5.69 Å². The Morgan fingerprint density at radius 3 is 2.56 bits per heavy atom. The summed E-state index contributed by atoms with van der Waals surface area (Å²) in [6.45, 7) is 6.01. The Balaban J connectivity index is 2.64. The summed E-state index contributed by atoms with van der Waals surface area (Å²) in [5.41, 5.74) is 5.54. The molecule has 0 bridgehead atoms. The van der Waals surface area contributed by atoms with Crippen LogP contribution in [0.1, 0.15) is 28.1 Å². The van der Waals surface area contributed by atoms with E-state index in [1.54, 1.807) is 0 Å². The second-order valence-electron chi connectivity index (χ2n) is 4.30. The summed E-state index contributed by atoms with van der Waals surface area (Å²) in [5.74, 6) is 0.408. The third-order valence-electron chi connectivity index (χ3n) is 3.22. The molecule has 0 aliphatic heterocycles. The smallest absolute Gasteiger partial charge is 0.101 e. The summed E-state index contributed by atoms with van der Waals surface area (Å²) in [6.07, 6.45) is 0. The molecule has 0 N–H and O–H groups in total. The predicted molar refractivity (Wildman–Crippen MR) is 72.0 cm³/mol. The van der Waals surface area contributed by atoms with E-state index in [2.05, 4.69) is 11.2 Å². The molecule has 1 aromatic heterocycles. The van der Waals surface area contributed by atoms with Gasteiger partial charge in [-0.1, -0.05) is 6.07 Å². The normalized spacial score (nSPS) is 10.4. The first kappa shape index (κ1) is 12.7. The number of aromatic nitrogens is 2. The first-order valence-electron chi connectivity index (χ1n) is 5.70. The van der Waals surface area contributed by atoms with Gasteiger partial charge in [0, 0.05) is 11.6 Å². The van der Waals surface area contributed by atoms with Crippen molar-refractivity contribution in [2.24, 2.45) is 0 Å². The van der Waals surface area contributed by atoms with Crippen molar-refractivity contribution in [1.29, 1.82) is 5.26 Å². The number of alkyl halides is 1. The minimum atomic E-state index is 0.408. The zero-order valence-electron chi connectivity index (χ0n) is 10.7. The summed E-state index contributed by atoms with van der Waals surface area (Å²) >= 11 is 5.78. The average molecular weight is 260 g/mol. The molecule has 0 spiro atoms. The molecule has 0 atom stereocenters. The molecule has 2 rings (SSSR count). The molecule has 0 amide bonds. The fourth-order valence-electron chi connectivity index (χ4n) is 1.90. The zero-order chi connectivity index (χ0) is 13.3. The van der Waals surface area contributed by atoms with Gasteiger partial charge in [-0.3, -0.25) is 0 Å². The van der Waals surface area contributed by atoms with E-state index in [0.717, 1.165) is 28.2 Å². The van der Waals surface area contributed by atoms with Crippen molar-refractivity contribution in [3.05, 3.63) is 46.3 Å². The van der Waals surface area contributed by atoms with Crippen molar-refractivity contribution in [3.63, 3.8) is 0 Å². The molecule has 0 aliphatic carbocycles. The molecule has 2 aromatic rings. The van der Waals surface area contributed by atoms with E-state index in [-0.39, 0.29) is 0 Å². The van der Waals surface area contributed by atoms with Crippen molar-refractivity contribution in [1.82, 2.24) is 9.78 Å². The van der Waals surface area contributed by atoms with Crippen molar-refractivity contribution < 1.29 is 0 Å². The lowest BCUT2D eigenvalue weighted by Gasteiger charge is -2.08. The predicted octanol–water partition coefficient (Wildman–Crippen LogP) is 3.41. The molecule has 1 aromatic carbocycles. The van der Waals surface area contributed by atoms with E-state index in [0.29, 0.717) is 11.4 Å². The highest BCUT2D eigenvalue weighted by molar-refractivity contribution is 6.17. The van der Waals surface area contributed by atoms with Gasteiger partial charge < -0.3 is 0 Å². The lowest BCUT2D eigenvalue weighted by molar-refractivity contribution is 0.830. The van der Waals surface area contributed by atoms with Crippen LogP contribution in [0, 0.1) is 32.1 Å². The van der Waals surface area contributed by atoms with Gasteiger partial charge in [0.1, 0.15) is 6.07 Å². The number of hydrogen-bond donors (Lipinski definition) is 0. The molecule has 0 unspecified atom stereocenters. The van der Waals surface area contributed by atoms with Crippen LogP contribution < -0.4 is 0 Å². The summed E-state index contributed by atoms with van der Waals surface area (Å²) < 4.78 is 1.82. The second kappa shape index (κ2) is 4.83. The summed E-state index contributed by atoms with van der Waals surface area (Å²) in [5, 5.41) is 13.7. The zero-order valence-corrected chi connectivity index (χ0v) is 11.4. The van der Waals surface area contributed by atoms with Crippen molar-refractivity contribution >= 4 is 11.6 Å². The van der Waals surface area contributed by atoms with Crippen molar-refractivity contribution in [2.75, 3.05) is 0 Å². The highest BCUT2D eigenvalue weighted by Gasteiger charge is 2.12. The molecule has 0 aliphatic rings. The third kappa shape index (κ3) is 2.00. The largest absolute Gasteiger partial charge is 0.236 e. The molecule has 0 radical (unpaired) electrons. The summed E-state index contributed by atoms with van der Waals surface area (Å²) in [4.78, 5) is 0. The van der Waals surface area contributed by atoms with E-state index in [9.17, 15) is 5.26 Å². The lowest BCUT2D eigenvalue weighted by atomic mass is 10.1. The summed E-state index contributed by atoms with van der Waals surface area (Å²) in [7, 11) is 0. The van der Waals surface area contributed by atoms with Crippen LogP contribution in [-0.4, -0.2) is 9.78 Å².